The summed E-state index contributed by atoms with van der Waals surface area (Å²) >= 11 is 0. The van der Waals surface area contributed by atoms with Crippen LogP contribution in [0, 0.1) is 6.92 Å². The Morgan fingerprint density at radius 3 is 2.74 bits per heavy atom. The number of fused-ring (bicyclic) bond motifs is 1. The van der Waals surface area contributed by atoms with Gasteiger partial charge in [0.25, 0.3) is 0 Å². The minimum Gasteiger partial charge on any atom is -0.346 e. The number of nitrogens with zero attached hydrogens (tertiary/aromatic N) is 4. The normalized spacial score (nSPS) is 23.1. The molecule has 19 heavy (non-hydrogen) atoms. The number of aryl methyl sites for hydroxylation is 1. The van der Waals surface area contributed by atoms with Gasteiger partial charge in [-0.05, 0) is 12.5 Å². The van der Waals surface area contributed by atoms with Gasteiger partial charge in [0, 0.05) is 38.6 Å². The lowest BCUT2D eigenvalue weighted by molar-refractivity contribution is -0.150. The molecule has 2 aliphatic heterocycles. The van der Waals surface area contributed by atoms with Crippen LogP contribution >= 0.6 is 0 Å². The molecule has 0 bridgehead atoms. The Hall–Kier alpha value is -2.18. The standard InChI is InChI=1S/C12H15N5O2/c1-8-4-14-12(15-5-8)16-2-3-17-9(7-16)6-13-10(18)11(17)19/h4-5,9H,2-3,6-7H2,1H3,(H,13,18). The van der Waals surface area contributed by atoms with Gasteiger partial charge < -0.3 is 15.1 Å². The largest absolute Gasteiger partial charge is 0.346 e. The quantitative estimate of drug-likeness (QED) is 0.651. The molecule has 3 heterocycles. The molecule has 0 spiro atoms. The third kappa shape index (κ3) is 2.11. The Bertz CT molecular complexity index is 515. The van der Waals surface area contributed by atoms with Crippen LogP contribution in [0.3, 0.4) is 0 Å². The van der Waals surface area contributed by atoms with Crippen molar-refractivity contribution < 1.29 is 9.59 Å². The Kier molecular flexibility index (Phi) is 2.81. The number of nitrogens with one attached hydrogen (secondary N) is 1. The Labute approximate surface area is 110 Å². The van der Waals surface area contributed by atoms with E-state index in [2.05, 4.69) is 15.3 Å². The Balaban J connectivity index is 1.74. The zero-order valence-electron chi connectivity index (χ0n) is 10.7. The molecular formula is C12H15N5O2. The van der Waals surface area contributed by atoms with Gasteiger partial charge in [0.15, 0.2) is 0 Å². The lowest BCUT2D eigenvalue weighted by Gasteiger charge is -2.43. The van der Waals surface area contributed by atoms with Crippen LogP contribution in [0.1, 0.15) is 5.56 Å². The molecule has 7 heteroatoms. The number of anilines is 1. The molecule has 2 aliphatic rings. The fourth-order valence-electron chi connectivity index (χ4n) is 2.44. The van der Waals surface area contributed by atoms with E-state index in [-0.39, 0.29) is 6.04 Å². The van der Waals surface area contributed by atoms with E-state index in [9.17, 15) is 9.59 Å². The summed E-state index contributed by atoms with van der Waals surface area (Å²) in [4.78, 5) is 35.3. The van der Waals surface area contributed by atoms with E-state index in [1.807, 2.05) is 11.8 Å². The molecule has 2 saturated heterocycles. The molecule has 1 aromatic heterocycles. The third-order valence-corrected chi connectivity index (χ3v) is 3.49. The minimum atomic E-state index is -0.503. The smallest absolute Gasteiger partial charge is 0.312 e. The number of rotatable bonds is 1. The first-order valence-corrected chi connectivity index (χ1v) is 6.27. The minimum absolute atomic E-state index is 0.00357. The molecule has 2 amide bonds. The highest BCUT2D eigenvalue weighted by atomic mass is 16.2. The first-order valence-electron chi connectivity index (χ1n) is 6.27. The summed E-state index contributed by atoms with van der Waals surface area (Å²) in [5.74, 6) is -0.258. The first kappa shape index (κ1) is 11.9. The van der Waals surface area contributed by atoms with Crippen LogP contribution in [0.5, 0.6) is 0 Å². The zero-order valence-corrected chi connectivity index (χ0v) is 10.7. The third-order valence-electron chi connectivity index (χ3n) is 3.49. The monoisotopic (exact) mass is 261 g/mol. The maximum Gasteiger partial charge on any atom is 0.312 e. The van der Waals surface area contributed by atoms with Crippen LogP contribution < -0.4 is 10.2 Å². The van der Waals surface area contributed by atoms with Gasteiger partial charge in [-0.15, -0.1) is 0 Å². The van der Waals surface area contributed by atoms with Crippen molar-refractivity contribution in [2.45, 2.75) is 13.0 Å². The van der Waals surface area contributed by atoms with Crippen molar-refractivity contribution in [2.24, 2.45) is 0 Å². The number of hydrogen-bond acceptors (Lipinski definition) is 5. The van der Waals surface area contributed by atoms with Gasteiger partial charge in [0.05, 0.1) is 6.04 Å². The second-order valence-corrected chi connectivity index (χ2v) is 4.87. The van der Waals surface area contributed by atoms with E-state index < -0.39 is 11.8 Å². The van der Waals surface area contributed by atoms with Crippen molar-refractivity contribution in [2.75, 3.05) is 31.1 Å². The van der Waals surface area contributed by atoms with Crippen LogP contribution in [0.15, 0.2) is 12.4 Å². The number of aromatic nitrogens is 2. The van der Waals surface area contributed by atoms with Crippen LogP contribution in [-0.2, 0) is 9.59 Å². The van der Waals surface area contributed by atoms with Gasteiger partial charge in [-0.3, -0.25) is 9.59 Å². The fraction of sp³-hybridized carbons (Fsp3) is 0.500. The van der Waals surface area contributed by atoms with Crippen LogP contribution in [0.2, 0.25) is 0 Å². The molecule has 0 radical (unpaired) electrons. The fourth-order valence-corrected chi connectivity index (χ4v) is 2.44. The maximum atomic E-state index is 11.7. The van der Waals surface area contributed by atoms with Gasteiger partial charge in [-0.1, -0.05) is 0 Å². The van der Waals surface area contributed by atoms with E-state index in [1.165, 1.54) is 0 Å². The van der Waals surface area contributed by atoms with Crippen LogP contribution in [0.4, 0.5) is 5.95 Å². The van der Waals surface area contributed by atoms with Gasteiger partial charge in [-0.25, -0.2) is 9.97 Å². The van der Waals surface area contributed by atoms with E-state index in [4.69, 9.17) is 0 Å². The van der Waals surface area contributed by atoms with E-state index in [0.717, 1.165) is 5.56 Å². The summed E-state index contributed by atoms with van der Waals surface area (Å²) in [6.07, 6.45) is 3.56. The average Bonchev–Trinajstić information content (AvgIpc) is 2.43. The lowest BCUT2D eigenvalue weighted by Crippen LogP contribution is -2.65. The van der Waals surface area contributed by atoms with Crippen molar-refractivity contribution in [3.63, 3.8) is 0 Å². The van der Waals surface area contributed by atoms with Crippen LogP contribution in [-0.4, -0.2) is 58.9 Å². The predicted octanol–water partition coefficient (Wildman–Crippen LogP) is -1.07. The molecule has 0 aromatic carbocycles. The van der Waals surface area contributed by atoms with E-state index >= 15 is 0 Å². The highest BCUT2D eigenvalue weighted by Gasteiger charge is 2.38. The molecular weight excluding hydrogens is 246 g/mol. The highest BCUT2D eigenvalue weighted by molar-refractivity contribution is 6.35. The molecule has 1 unspecified atom stereocenters. The van der Waals surface area contributed by atoms with Crippen molar-refractivity contribution in [3.05, 3.63) is 18.0 Å². The maximum absolute atomic E-state index is 11.7. The molecule has 1 aromatic rings. The molecule has 1 atom stereocenters. The lowest BCUT2D eigenvalue weighted by atomic mass is 10.1. The molecule has 100 valence electrons. The second kappa shape index (κ2) is 4.49. The number of carbonyl (C=O) groups excluding carboxylic acids is 2. The highest BCUT2D eigenvalue weighted by Crippen LogP contribution is 2.17. The average molecular weight is 261 g/mol. The topological polar surface area (TPSA) is 78.4 Å². The molecule has 0 saturated carbocycles. The molecule has 2 fully saturated rings. The summed E-state index contributed by atoms with van der Waals surface area (Å²) in [5, 5.41) is 2.61. The number of carbonyl (C=O) groups is 2. The Morgan fingerprint density at radius 1 is 1.26 bits per heavy atom. The van der Waals surface area contributed by atoms with E-state index in [0.29, 0.717) is 32.1 Å². The first-order chi connectivity index (χ1) is 9.15. The summed E-state index contributed by atoms with van der Waals surface area (Å²) in [7, 11) is 0. The summed E-state index contributed by atoms with van der Waals surface area (Å²) in [5.41, 5.74) is 1.02. The van der Waals surface area contributed by atoms with Gasteiger partial charge >= 0.3 is 11.8 Å². The van der Waals surface area contributed by atoms with Gasteiger partial charge in [-0.2, -0.15) is 0 Å². The molecule has 1 N–H and O–H groups in total. The van der Waals surface area contributed by atoms with Crippen molar-refractivity contribution >= 4 is 17.8 Å². The molecule has 7 nitrogen and oxygen atoms in total. The number of amides is 2. The SMILES string of the molecule is Cc1cnc(N2CCN3C(=O)C(=O)NCC3C2)nc1. The van der Waals surface area contributed by atoms with Crippen LogP contribution in [0.25, 0.3) is 0 Å². The van der Waals surface area contributed by atoms with Crippen molar-refractivity contribution in [1.29, 1.82) is 0 Å². The molecule has 3 rings (SSSR count). The zero-order chi connectivity index (χ0) is 13.4. The second-order valence-electron chi connectivity index (χ2n) is 4.87. The van der Waals surface area contributed by atoms with Crippen molar-refractivity contribution in [3.8, 4) is 0 Å². The summed E-state index contributed by atoms with van der Waals surface area (Å²) < 4.78 is 0. The Morgan fingerprint density at radius 2 is 2.00 bits per heavy atom. The van der Waals surface area contributed by atoms with Gasteiger partial charge in [0.2, 0.25) is 5.95 Å². The van der Waals surface area contributed by atoms with Crippen molar-refractivity contribution in [1.82, 2.24) is 20.2 Å². The molecule has 0 aliphatic carbocycles. The predicted molar refractivity (Wildman–Crippen MR) is 67.5 cm³/mol. The summed E-state index contributed by atoms with van der Waals surface area (Å²) in [6.45, 7) is 4.27. The summed E-state index contributed by atoms with van der Waals surface area (Å²) in [6, 6.07) is 0.00357. The van der Waals surface area contributed by atoms with Gasteiger partial charge in [0.1, 0.15) is 0 Å². The number of hydrogen-bond donors (Lipinski definition) is 1. The van der Waals surface area contributed by atoms with E-state index in [1.54, 1.807) is 17.3 Å². The number of piperazine rings is 2.